The van der Waals surface area contributed by atoms with Crippen LogP contribution in [0.15, 0.2) is 36.4 Å². The Balaban J connectivity index is 2.30. The molecule has 0 aliphatic heterocycles. The minimum atomic E-state index is 0.786. The third-order valence-electron chi connectivity index (χ3n) is 3.00. The molecule has 0 amide bonds. The van der Waals surface area contributed by atoms with Gasteiger partial charge in [-0.15, -0.1) is 0 Å². The molecular weight excluding hydrogens is 208 g/mol. The summed E-state index contributed by atoms with van der Waals surface area (Å²) in [5.74, 6) is 0. The van der Waals surface area contributed by atoms with Crippen LogP contribution in [0.5, 0.6) is 0 Å². The molecule has 0 bridgehead atoms. The molecule has 2 aromatic rings. The van der Waals surface area contributed by atoms with Crippen molar-refractivity contribution in [1.29, 1.82) is 0 Å². The lowest BCUT2D eigenvalue weighted by molar-refractivity contribution is 1.34. The lowest BCUT2D eigenvalue weighted by Crippen LogP contribution is -1.98. The van der Waals surface area contributed by atoms with E-state index in [-0.39, 0.29) is 0 Å². The SMILES string of the molecule is Cc1ccc(Nc2cc(C)c(C)cc2N)cc1. The van der Waals surface area contributed by atoms with E-state index in [2.05, 4.69) is 56.4 Å². The van der Waals surface area contributed by atoms with Crippen LogP contribution in [0.4, 0.5) is 17.1 Å². The molecule has 3 N–H and O–H groups in total. The van der Waals surface area contributed by atoms with Crippen molar-refractivity contribution in [1.82, 2.24) is 0 Å². The van der Waals surface area contributed by atoms with Gasteiger partial charge in [0, 0.05) is 5.69 Å². The highest BCUT2D eigenvalue weighted by atomic mass is 14.9. The van der Waals surface area contributed by atoms with Gasteiger partial charge in [0.1, 0.15) is 0 Å². The zero-order valence-electron chi connectivity index (χ0n) is 10.5. The second kappa shape index (κ2) is 4.50. The molecule has 0 fully saturated rings. The monoisotopic (exact) mass is 226 g/mol. The predicted molar refractivity (Wildman–Crippen MR) is 74.8 cm³/mol. The highest BCUT2D eigenvalue weighted by Crippen LogP contribution is 2.26. The van der Waals surface area contributed by atoms with E-state index in [1.807, 2.05) is 6.07 Å². The molecule has 2 aromatic carbocycles. The first kappa shape index (κ1) is 11.5. The van der Waals surface area contributed by atoms with Gasteiger partial charge in [-0.1, -0.05) is 17.7 Å². The lowest BCUT2D eigenvalue weighted by atomic mass is 10.1. The van der Waals surface area contributed by atoms with Gasteiger partial charge in [0.2, 0.25) is 0 Å². The third-order valence-corrected chi connectivity index (χ3v) is 3.00. The topological polar surface area (TPSA) is 38.0 Å². The molecule has 17 heavy (non-hydrogen) atoms. The maximum absolute atomic E-state index is 6.01. The normalized spacial score (nSPS) is 10.3. The molecule has 2 rings (SSSR count). The summed E-state index contributed by atoms with van der Waals surface area (Å²) in [5.41, 5.74) is 12.5. The summed E-state index contributed by atoms with van der Waals surface area (Å²) in [7, 11) is 0. The number of rotatable bonds is 2. The number of nitrogens with two attached hydrogens (primary N) is 1. The largest absolute Gasteiger partial charge is 0.397 e. The minimum absolute atomic E-state index is 0.786. The summed E-state index contributed by atoms with van der Waals surface area (Å²) in [6, 6.07) is 12.4. The van der Waals surface area contributed by atoms with Gasteiger partial charge >= 0.3 is 0 Å². The Labute approximate surface area is 102 Å². The molecule has 0 unspecified atom stereocenters. The average Bonchev–Trinajstić information content (AvgIpc) is 2.29. The Morgan fingerprint density at radius 2 is 1.47 bits per heavy atom. The summed E-state index contributed by atoms with van der Waals surface area (Å²) < 4.78 is 0. The van der Waals surface area contributed by atoms with Crippen LogP contribution in [-0.4, -0.2) is 0 Å². The second-order valence-corrected chi connectivity index (χ2v) is 4.51. The summed E-state index contributed by atoms with van der Waals surface area (Å²) in [4.78, 5) is 0. The molecule has 0 aliphatic carbocycles. The molecule has 88 valence electrons. The van der Waals surface area contributed by atoms with Crippen LogP contribution in [0.25, 0.3) is 0 Å². The van der Waals surface area contributed by atoms with E-state index in [4.69, 9.17) is 5.73 Å². The van der Waals surface area contributed by atoms with Gasteiger partial charge in [-0.3, -0.25) is 0 Å². The smallest absolute Gasteiger partial charge is 0.0620 e. The van der Waals surface area contributed by atoms with Crippen molar-refractivity contribution in [3.05, 3.63) is 53.1 Å². The zero-order valence-corrected chi connectivity index (χ0v) is 10.5. The summed E-state index contributed by atoms with van der Waals surface area (Å²) in [6.07, 6.45) is 0. The van der Waals surface area contributed by atoms with Crippen molar-refractivity contribution >= 4 is 17.1 Å². The lowest BCUT2D eigenvalue weighted by Gasteiger charge is -2.12. The van der Waals surface area contributed by atoms with Gasteiger partial charge < -0.3 is 11.1 Å². The highest BCUT2D eigenvalue weighted by molar-refractivity contribution is 5.74. The van der Waals surface area contributed by atoms with Crippen LogP contribution in [0.3, 0.4) is 0 Å². The van der Waals surface area contributed by atoms with Gasteiger partial charge in [0.05, 0.1) is 11.4 Å². The van der Waals surface area contributed by atoms with E-state index in [0.717, 1.165) is 17.1 Å². The van der Waals surface area contributed by atoms with Gasteiger partial charge in [-0.05, 0) is 56.2 Å². The number of aryl methyl sites for hydroxylation is 3. The van der Waals surface area contributed by atoms with Crippen LogP contribution in [0, 0.1) is 20.8 Å². The van der Waals surface area contributed by atoms with Crippen molar-refractivity contribution in [3.8, 4) is 0 Å². The van der Waals surface area contributed by atoms with E-state index in [1.54, 1.807) is 0 Å². The van der Waals surface area contributed by atoms with Gasteiger partial charge in [0.25, 0.3) is 0 Å². The molecule has 0 saturated heterocycles. The molecule has 0 radical (unpaired) electrons. The fourth-order valence-corrected chi connectivity index (χ4v) is 1.74. The summed E-state index contributed by atoms with van der Waals surface area (Å²) in [6.45, 7) is 6.24. The molecule has 0 aromatic heterocycles. The van der Waals surface area contributed by atoms with Crippen LogP contribution in [0.2, 0.25) is 0 Å². The number of anilines is 3. The Morgan fingerprint density at radius 1 is 0.882 bits per heavy atom. The van der Waals surface area contributed by atoms with Crippen molar-refractivity contribution in [2.45, 2.75) is 20.8 Å². The fraction of sp³-hybridized carbons (Fsp3) is 0.200. The average molecular weight is 226 g/mol. The zero-order chi connectivity index (χ0) is 12.4. The summed E-state index contributed by atoms with van der Waals surface area (Å²) in [5, 5.41) is 3.34. The maximum atomic E-state index is 6.01. The van der Waals surface area contributed by atoms with Gasteiger partial charge in [-0.25, -0.2) is 0 Å². The standard InChI is InChI=1S/C15H18N2/c1-10-4-6-13(7-5-10)17-15-9-12(3)11(2)8-14(15)16/h4-9,17H,16H2,1-3H3. The van der Waals surface area contributed by atoms with Crippen LogP contribution < -0.4 is 11.1 Å². The number of nitrogens with one attached hydrogen (secondary N) is 1. The molecule has 0 saturated carbocycles. The first-order valence-corrected chi connectivity index (χ1v) is 5.76. The number of benzene rings is 2. The Hall–Kier alpha value is -1.96. The quantitative estimate of drug-likeness (QED) is 0.761. The first-order valence-electron chi connectivity index (χ1n) is 5.76. The van der Waals surface area contributed by atoms with E-state index in [9.17, 15) is 0 Å². The molecule has 2 nitrogen and oxygen atoms in total. The van der Waals surface area contributed by atoms with E-state index in [0.29, 0.717) is 0 Å². The third kappa shape index (κ3) is 2.59. The maximum Gasteiger partial charge on any atom is 0.0620 e. The number of hydrogen-bond donors (Lipinski definition) is 2. The van der Waals surface area contributed by atoms with Crippen molar-refractivity contribution < 1.29 is 0 Å². The molecular formula is C15H18N2. The second-order valence-electron chi connectivity index (χ2n) is 4.51. The van der Waals surface area contributed by atoms with Gasteiger partial charge in [-0.2, -0.15) is 0 Å². The Morgan fingerprint density at radius 3 is 2.12 bits per heavy atom. The summed E-state index contributed by atoms with van der Waals surface area (Å²) >= 11 is 0. The molecule has 2 heteroatoms. The fourth-order valence-electron chi connectivity index (χ4n) is 1.74. The molecule has 0 aliphatic rings. The predicted octanol–water partition coefficient (Wildman–Crippen LogP) is 3.94. The van der Waals surface area contributed by atoms with E-state index in [1.165, 1.54) is 16.7 Å². The molecule has 0 atom stereocenters. The minimum Gasteiger partial charge on any atom is -0.397 e. The molecule has 0 spiro atoms. The van der Waals surface area contributed by atoms with E-state index < -0.39 is 0 Å². The van der Waals surface area contributed by atoms with Crippen molar-refractivity contribution in [2.75, 3.05) is 11.1 Å². The van der Waals surface area contributed by atoms with Crippen LogP contribution >= 0.6 is 0 Å². The van der Waals surface area contributed by atoms with Crippen molar-refractivity contribution in [2.24, 2.45) is 0 Å². The van der Waals surface area contributed by atoms with Crippen LogP contribution in [-0.2, 0) is 0 Å². The number of hydrogen-bond acceptors (Lipinski definition) is 2. The van der Waals surface area contributed by atoms with Gasteiger partial charge in [0.15, 0.2) is 0 Å². The highest BCUT2D eigenvalue weighted by Gasteiger charge is 2.02. The van der Waals surface area contributed by atoms with Crippen molar-refractivity contribution in [3.63, 3.8) is 0 Å². The van der Waals surface area contributed by atoms with E-state index >= 15 is 0 Å². The Kier molecular flexibility index (Phi) is 3.05. The van der Waals surface area contributed by atoms with Crippen LogP contribution in [0.1, 0.15) is 16.7 Å². The molecule has 0 heterocycles. The first-order chi connectivity index (χ1) is 8.06. The Bertz CT molecular complexity index is 527. The number of nitrogen functional groups attached to an aromatic ring is 1.